The smallest absolute Gasteiger partial charge is 0.307 e. The maximum Gasteiger partial charge on any atom is 0.307 e. The Kier molecular flexibility index (Phi) is 3.65. The zero-order valence-electron chi connectivity index (χ0n) is 10.5. The molecule has 0 aromatic carbocycles. The van der Waals surface area contributed by atoms with Crippen molar-refractivity contribution in [1.29, 1.82) is 0 Å². The number of rotatable bonds is 4. The third-order valence-corrected chi connectivity index (χ3v) is 3.68. The van der Waals surface area contributed by atoms with Crippen LogP contribution in [0.1, 0.15) is 26.2 Å². The number of hydrogen-bond acceptors (Lipinski definition) is 4. The Morgan fingerprint density at radius 2 is 2.17 bits per heavy atom. The van der Waals surface area contributed by atoms with E-state index in [1.54, 1.807) is 0 Å². The number of carboxylic acids is 1. The monoisotopic (exact) mass is 254 g/mol. The normalized spacial score (nSPS) is 29.3. The average Bonchev–Trinajstić information content (AvgIpc) is 2.89. The van der Waals surface area contributed by atoms with E-state index in [4.69, 9.17) is 5.11 Å². The predicted molar refractivity (Wildman–Crippen MR) is 62.7 cm³/mol. The third-order valence-electron chi connectivity index (χ3n) is 3.68. The van der Waals surface area contributed by atoms with E-state index >= 15 is 0 Å². The zero-order valence-corrected chi connectivity index (χ0v) is 10.5. The summed E-state index contributed by atoms with van der Waals surface area (Å²) < 4.78 is 0. The van der Waals surface area contributed by atoms with Crippen molar-refractivity contribution in [2.75, 3.05) is 19.6 Å². The van der Waals surface area contributed by atoms with E-state index in [9.17, 15) is 14.4 Å². The van der Waals surface area contributed by atoms with Gasteiger partial charge in [-0.05, 0) is 19.4 Å². The number of carboxylic acid groups (broad SMARTS) is 1. The van der Waals surface area contributed by atoms with Gasteiger partial charge in [0.05, 0.1) is 18.4 Å². The van der Waals surface area contributed by atoms with Gasteiger partial charge in [-0.2, -0.15) is 0 Å². The van der Waals surface area contributed by atoms with Crippen LogP contribution in [0.15, 0.2) is 0 Å². The lowest BCUT2D eigenvalue weighted by molar-refractivity contribution is -0.142. The molecule has 2 amide bonds. The summed E-state index contributed by atoms with van der Waals surface area (Å²) in [5, 5.41) is 8.94. The molecule has 1 N–H and O–H groups in total. The topological polar surface area (TPSA) is 77.9 Å². The fraction of sp³-hybridized carbons (Fsp3) is 0.750. The molecule has 6 nitrogen and oxygen atoms in total. The van der Waals surface area contributed by atoms with Crippen LogP contribution in [0.25, 0.3) is 0 Å². The van der Waals surface area contributed by atoms with E-state index in [2.05, 4.69) is 0 Å². The van der Waals surface area contributed by atoms with Crippen LogP contribution in [0.5, 0.6) is 0 Å². The number of aliphatic carboxylic acids is 1. The van der Waals surface area contributed by atoms with E-state index in [0.29, 0.717) is 26.1 Å². The molecule has 0 aromatic heterocycles. The molecule has 0 aliphatic carbocycles. The van der Waals surface area contributed by atoms with Gasteiger partial charge in [-0.15, -0.1) is 0 Å². The fourth-order valence-corrected chi connectivity index (χ4v) is 2.68. The number of carbonyl (C=O) groups excluding carboxylic acids is 2. The molecule has 2 aliphatic rings. The summed E-state index contributed by atoms with van der Waals surface area (Å²) in [7, 11) is 0. The highest BCUT2D eigenvalue weighted by Gasteiger charge is 2.44. The Morgan fingerprint density at radius 1 is 1.44 bits per heavy atom. The lowest BCUT2D eigenvalue weighted by Gasteiger charge is -2.21. The van der Waals surface area contributed by atoms with Crippen LogP contribution in [-0.4, -0.2) is 58.4 Å². The minimum atomic E-state index is -0.820. The molecule has 0 saturated carbocycles. The van der Waals surface area contributed by atoms with E-state index in [1.807, 2.05) is 11.8 Å². The Bertz CT molecular complexity index is 382. The molecular formula is C12H18N2O4. The molecule has 6 heteroatoms. The summed E-state index contributed by atoms with van der Waals surface area (Å²) in [5.74, 6) is -1.52. The highest BCUT2D eigenvalue weighted by molar-refractivity contribution is 6.05. The van der Waals surface area contributed by atoms with Gasteiger partial charge in [0.2, 0.25) is 11.8 Å². The third kappa shape index (κ3) is 2.25. The molecule has 2 unspecified atom stereocenters. The first kappa shape index (κ1) is 13.0. The van der Waals surface area contributed by atoms with Gasteiger partial charge in [0, 0.05) is 13.1 Å². The highest BCUT2D eigenvalue weighted by atomic mass is 16.4. The average molecular weight is 254 g/mol. The van der Waals surface area contributed by atoms with Crippen LogP contribution in [0.2, 0.25) is 0 Å². The van der Waals surface area contributed by atoms with Gasteiger partial charge in [-0.3, -0.25) is 24.2 Å². The molecule has 0 spiro atoms. The van der Waals surface area contributed by atoms with Gasteiger partial charge in [0.25, 0.3) is 0 Å². The SMILES string of the molecule is CCCN1C(=O)CC(N2CCC(C(=O)O)C2)C1=O. The zero-order chi connectivity index (χ0) is 13.3. The summed E-state index contributed by atoms with van der Waals surface area (Å²) in [5.41, 5.74) is 0. The van der Waals surface area contributed by atoms with Gasteiger partial charge in [-0.25, -0.2) is 0 Å². The number of hydrogen-bond donors (Lipinski definition) is 1. The van der Waals surface area contributed by atoms with Crippen molar-refractivity contribution in [3.63, 3.8) is 0 Å². The van der Waals surface area contributed by atoms with Crippen molar-refractivity contribution in [2.45, 2.75) is 32.2 Å². The van der Waals surface area contributed by atoms with E-state index in [-0.39, 0.29) is 18.2 Å². The number of likely N-dealkylation sites (tertiary alicyclic amines) is 2. The summed E-state index contributed by atoms with van der Waals surface area (Å²) in [6.07, 6.45) is 1.51. The molecule has 2 saturated heterocycles. The minimum Gasteiger partial charge on any atom is -0.481 e. The molecule has 100 valence electrons. The molecule has 0 aromatic rings. The van der Waals surface area contributed by atoms with Gasteiger partial charge in [0.1, 0.15) is 0 Å². The standard InChI is InChI=1S/C12H18N2O4/c1-2-4-14-10(15)6-9(11(14)16)13-5-3-8(7-13)12(17)18/h8-9H,2-7H2,1H3,(H,17,18). The van der Waals surface area contributed by atoms with Crippen LogP contribution in [0, 0.1) is 5.92 Å². The molecule has 2 fully saturated rings. The number of carbonyl (C=O) groups is 3. The van der Waals surface area contributed by atoms with Crippen molar-refractivity contribution in [2.24, 2.45) is 5.92 Å². The molecular weight excluding hydrogens is 236 g/mol. The maximum atomic E-state index is 12.1. The quantitative estimate of drug-likeness (QED) is 0.711. The molecule has 2 atom stereocenters. The van der Waals surface area contributed by atoms with Gasteiger partial charge >= 0.3 is 5.97 Å². The lowest BCUT2D eigenvalue weighted by Crippen LogP contribution is -2.41. The molecule has 2 heterocycles. The second-order valence-electron chi connectivity index (χ2n) is 4.92. The van der Waals surface area contributed by atoms with Crippen LogP contribution in [-0.2, 0) is 14.4 Å². The molecule has 2 aliphatic heterocycles. The first-order valence-electron chi connectivity index (χ1n) is 6.35. The number of imide groups is 1. The minimum absolute atomic E-state index is 0.134. The number of nitrogens with zero attached hydrogens (tertiary/aromatic N) is 2. The second kappa shape index (κ2) is 5.06. The second-order valence-corrected chi connectivity index (χ2v) is 4.92. The summed E-state index contributed by atoms with van der Waals surface area (Å²) in [6, 6.07) is -0.437. The largest absolute Gasteiger partial charge is 0.481 e. The fourth-order valence-electron chi connectivity index (χ4n) is 2.68. The summed E-state index contributed by atoms with van der Waals surface area (Å²) >= 11 is 0. The van der Waals surface area contributed by atoms with Crippen molar-refractivity contribution < 1.29 is 19.5 Å². The Hall–Kier alpha value is -1.43. The lowest BCUT2D eigenvalue weighted by atomic mass is 10.1. The Morgan fingerprint density at radius 3 is 2.72 bits per heavy atom. The number of amides is 2. The van der Waals surface area contributed by atoms with E-state index in [1.165, 1.54) is 4.90 Å². The van der Waals surface area contributed by atoms with E-state index < -0.39 is 17.9 Å². The van der Waals surface area contributed by atoms with Gasteiger partial charge < -0.3 is 5.11 Å². The van der Waals surface area contributed by atoms with Crippen molar-refractivity contribution in [1.82, 2.24) is 9.80 Å². The Labute approximate surface area is 106 Å². The summed E-state index contributed by atoms with van der Waals surface area (Å²) in [4.78, 5) is 37.8. The van der Waals surface area contributed by atoms with Crippen LogP contribution in [0.4, 0.5) is 0 Å². The van der Waals surface area contributed by atoms with Crippen LogP contribution in [0.3, 0.4) is 0 Å². The van der Waals surface area contributed by atoms with Crippen molar-refractivity contribution in [3.8, 4) is 0 Å². The first-order chi connectivity index (χ1) is 8.54. The van der Waals surface area contributed by atoms with Crippen LogP contribution < -0.4 is 0 Å². The maximum absolute atomic E-state index is 12.1. The van der Waals surface area contributed by atoms with Crippen molar-refractivity contribution >= 4 is 17.8 Å². The highest BCUT2D eigenvalue weighted by Crippen LogP contribution is 2.25. The molecule has 2 rings (SSSR count). The first-order valence-corrected chi connectivity index (χ1v) is 6.35. The van der Waals surface area contributed by atoms with Crippen LogP contribution >= 0.6 is 0 Å². The predicted octanol–water partition coefficient (Wildman–Crippen LogP) is -0.0696. The van der Waals surface area contributed by atoms with E-state index in [0.717, 1.165) is 6.42 Å². The molecule has 0 radical (unpaired) electrons. The van der Waals surface area contributed by atoms with Crippen molar-refractivity contribution in [3.05, 3.63) is 0 Å². The summed E-state index contributed by atoms with van der Waals surface area (Å²) in [6.45, 7) is 3.34. The molecule has 0 bridgehead atoms. The van der Waals surface area contributed by atoms with Gasteiger partial charge in [0.15, 0.2) is 0 Å². The molecule has 18 heavy (non-hydrogen) atoms. The van der Waals surface area contributed by atoms with Gasteiger partial charge in [-0.1, -0.05) is 6.92 Å². The Balaban J connectivity index is 2.01.